The minimum atomic E-state index is 0.854. The average molecular weight is 321 g/mol. The first-order valence-corrected chi connectivity index (χ1v) is 9.30. The molecule has 22 heavy (non-hydrogen) atoms. The highest BCUT2D eigenvalue weighted by molar-refractivity contribution is 7.11. The van der Waals surface area contributed by atoms with Gasteiger partial charge >= 0.3 is 0 Å². The van der Waals surface area contributed by atoms with Crippen LogP contribution in [0.25, 0.3) is 0 Å². The Labute approximate surface area is 138 Å². The van der Waals surface area contributed by atoms with E-state index in [9.17, 15) is 0 Å². The lowest BCUT2D eigenvalue weighted by molar-refractivity contribution is 0.256. The molecule has 2 aliphatic carbocycles. The monoisotopic (exact) mass is 320 g/mol. The molecule has 0 saturated heterocycles. The topological polar surface area (TPSA) is 39.7 Å². The molecule has 1 aromatic rings. The van der Waals surface area contributed by atoms with E-state index in [0.717, 1.165) is 37.6 Å². The van der Waals surface area contributed by atoms with Gasteiger partial charge in [0.2, 0.25) is 0 Å². The molecule has 0 unspecified atom stereocenters. The Hall–Kier alpha value is -1.07. The molecule has 0 atom stereocenters. The highest BCUT2D eigenvalue weighted by Gasteiger charge is 2.33. The lowest BCUT2D eigenvalue weighted by atomic mass is 10.3. The third-order valence-corrected chi connectivity index (χ3v) is 5.39. The smallest absolute Gasteiger partial charge is 0.191 e. The van der Waals surface area contributed by atoms with E-state index in [4.69, 9.17) is 0 Å². The fourth-order valence-electron chi connectivity index (χ4n) is 2.78. The zero-order valence-corrected chi connectivity index (χ0v) is 14.6. The minimum absolute atomic E-state index is 0.854. The van der Waals surface area contributed by atoms with Gasteiger partial charge in [0, 0.05) is 42.5 Å². The zero-order valence-electron chi connectivity index (χ0n) is 13.8. The van der Waals surface area contributed by atoms with Crippen LogP contribution in [0.2, 0.25) is 0 Å². The molecule has 0 radical (unpaired) electrons. The first-order valence-electron chi connectivity index (χ1n) is 8.48. The molecule has 122 valence electrons. The van der Waals surface area contributed by atoms with Crippen LogP contribution in [0.4, 0.5) is 0 Å². The van der Waals surface area contributed by atoms with Gasteiger partial charge in [0.25, 0.3) is 0 Å². The molecular weight excluding hydrogens is 292 g/mol. The number of aryl methyl sites for hydroxylation is 1. The van der Waals surface area contributed by atoms with Crippen molar-refractivity contribution in [3.05, 3.63) is 21.9 Å². The molecule has 2 saturated carbocycles. The number of nitrogens with one attached hydrogen (secondary N) is 2. The largest absolute Gasteiger partial charge is 0.355 e. The minimum Gasteiger partial charge on any atom is -0.355 e. The Kier molecular flexibility index (Phi) is 5.37. The second-order valence-corrected chi connectivity index (χ2v) is 7.91. The number of nitrogens with zero attached hydrogens (tertiary/aromatic N) is 2. The number of hydrogen-bond donors (Lipinski definition) is 2. The van der Waals surface area contributed by atoms with Gasteiger partial charge in [0.15, 0.2) is 5.96 Å². The van der Waals surface area contributed by atoms with Crippen molar-refractivity contribution in [2.24, 2.45) is 10.9 Å². The van der Waals surface area contributed by atoms with Crippen molar-refractivity contribution in [2.75, 3.05) is 26.7 Å². The van der Waals surface area contributed by atoms with Gasteiger partial charge in [-0.05, 0) is 50.7 Å². The fourth-order valence-corrected chi connectivity index (χ4v) is 3.61. The van der Waals surface area contributed by atoms with Crippen molar-refractivity contribution in [1.82, 2.24) is 15.5 Å². The maximum atomic E-state index is 4.32. The lowest BCUT2D eigenvalue weighted by Crippen LogP contribution is -2.42. The predicted octanol–water partition coefficient (Wildman–Crippen LogP) is 2.60. The van der Waals surface area contributed by atoms with Crippen LogP contribution in [0.15, 0.2) is 17.1 Å². The Morgan fingerprint density at radius 2 is 2.09 bits per heavy atom. The summed E-state index contributed by atoms with van der Waals surface area (Å²) < 4.78 is 0. The zero-order chi connectivity index (χ0) is 15.4. The predicted molar refractivity (Wildman–Crippen MR) is 94.6 cm³/mol. The number of thiophene rings is 1. The highest BCUT2D eigenvalue weighted by Crippen LogP contribution is 2.34. The maximum Gasteiger partial charge on any atom is 0.191 e. The standard InChI is InChI=1S/C17H28N4S/c1-13-3-8-16(22-13)11-20-17(18-2)19-9-10-21(15-6-7-15)12-14-4-5-14/h3,8,14-15H,4-7,9-12H2,1-2H3,(H2,18,19,20). The van der Waals surface area contributed by atoms with E-state index >= 15 is 0 Å². The van der Waals surface area contributed by atoms with E-state index in [2.05, 4.69) is 39.6 Å². The second-order valence-electron chi connectivity index (χ2n) is 6.53. The Balaban J connectivity index is 1.36. The summed E-state index contributed by atoms with van der Waals surface area (Å²) >= 11 is 1.84. The number of guanidine groups is 1. The maximum absolute atomic E-state index is 4.32. The summed E-state index contributed by atoms with van der Waals surface area (Å²) in [7, 11) is 1.85. The molecular formula is C17H28N4S. The number of rotatable bonds is 8. The summed E-state index contributed by atoms with van der Waals surface area (Å²) in [4.78, 5) is 9.72. The summed E-state index contributed by atoms with van der Waals surface area (Å²) in [6, 6.07) is 5.22. The molecule has 4 nitrogen and oxygen atoms in total. The van der Waals surface area contributed by atoms with Crippen LogP contribution in [0, 0.1) is 12.8 Å². The van der Waals surface area contributed by atoms with Crippen LogP contribution in [-0.4, -0.2) is 43.6 Å². The van der Waals surface area contributed by atoms with E-state index in [1.165, 1.54) is 42.0 Å². The Morgan fingerprint density at radius 3 is 2.68 bits per heavy atom. The molecule has 1 aromatic heterocycles. The van der Waals surface area contributed by atoms with Gasteiger partial charge in [-0.1, -0.05) is 0 Å². The fraction of sp³-hybridized carbons (Fsp3) is 0.706. The van der Waals surface area contributed by atoms with Gasteiger partial charge in [0.05, 0.1) is 6.54 Å². The summed E-state index contributed by atoms with van der Waals surface area (Å²) in [5.74, 6) is 1.90. The van der Waals surface area contributed by atoms with Crippen molar-refractivity contribution in [1.29, 1.82) is 0 Å². The molecule has 0 spiro atoms. The lowest BCUT2D eigenvalue weighted by Gasteiger charge is -2.22. The molecule has 2 fully saturated rings. The number of hydrogen-bond acceptors (Lipinski definition) is 3. The van der Waals surface area contributed by atoms with Gasteiger partial charge in [-0.15, -0.1) is 11.3 Å². The SMILES string of the molecule is CN=C(NCCN(CC1CC1)C1CC1)NCc1ccc(C)s1. The van der Waals surface area contributed by atoms with E-state index in [-0.39, 0.29) is 0 Å². The highest BCUT2D eigenvalue weighted by atomic mass is 32.1. The normalized spacial score (nSPS) is 18.8. The number of aliphatic imine (C=N–C) groups is 1. The van der Waals surface area contributed by atoms with Crippen molar-refractivity contribution < 1.29 is 0 Å². The first kappa shape index (κ1) is 15.8. The van der Waals surface area contributed by atoms with Crippen LogP contribution >= 0.6 is 11.3 Å². The van der Waals surface area contributed by atoms with E-state index in [0.29, 0.717) is 0 Å². The summed E-state index contributed by atoms with van der Waals surface area (Å²) in [5, 5.41) is 6.86. The van der Waals surface area contributed by atoms with Gasteiger partial charge in [0.1, 0.15) is 0 Å². The molecule has 0 bridgehead atoms. The third-order valence-electron chi connectivity index (χ3n) is 4.39. The quantitative estimate of drug-likeness (QED) is 0.571. The molecule has 2 N–H and O–H groups in total. The molecule has 3 rings (SSSR count). The third kappa shape index (κ3) is 4.99. The summed E-state index contributed by atoms with van der Waals surface area (Å²) in [5.41, 5.74) is 0. The molecule has 2 aliphatic rings. The van der Waals surface area contributed by atoms with Crippen LogP contribution in [0.1, 0.15) is 35.4 Å². The van der Waals surface area contributed by atoms with Gasteiger partial charge < -0.3 is 10.6 Å². The van der Waals surface area contributed by atoms with Crippen molar-refractivity contribution in [3.63, 3.8) is 0 Å². The van der Waals surface area contributed by atoms with Crippen LogP contribution in [0.3, 0.4) is 0 Å². The van der Waals surface area contributed by atoms with Crippen LogP contribution < -0.4 is 10.6 Å². The van der Waals surface area contributed by atoms with E-state index in [1.54, 1.807) is 0 Å². The van der Waals surface area contributed by atoms with Crippen LogP contribution in [-0.2, 0) is 6.54 Å². The van der Waals surface area contributed by atoms with Crippen LogP contribution in [0.5, 0.6) is 0 Å². The van der Waals surface area contributed by atoms with Crippen molar-refractivity contribution in [3.8, 4) is 0 Å². The Bertz CT molecular complexity index is 503. The van der Waals surface area contributed by atoms with Gasteiger partial charge in [-0.3, -0.25) is 9.89 Å². The Morgan fingerprint density at radius 1 is 1.27 bits per heavy atom. The molecule has 5 heteroatoms. The molecule has 0 amide bonds. The molecule has 0 aliphatic heterocycles. The van der Waals surface area contributed by atoms with E-state index < -0.39 is 0 Å². The van der Waals surface area contributed by atoms with Crippen molar-refractivity contribution >= 4 is 17.3 Å². The first-order chi connectivity index (χ1) is 10.7. The molecule has 0 aromatic carbocycles. The molecule has 1 heterocycles. The van der Waals surface area contributed by atoms with Gasteiger partial charge in [-0.25, -0.2) is 0 Å². The summed E-state index contributed by atoms with van der Waals surface area (Å²) in [6.45, 7) is 6.43. The average Bonchev–Trinajstić information content (AvgIpc) is 3.41. The van der Waals surface area contributed by atoms with Crippen molar-refractivity contribution in [2.45, 2.75) is 45.2 Å². The summed E-state index contributed by atoms with van der Waals surface area (Å²) in [6.07, 6.45) is 5.69. The van der Waals surface area contributed by atoms with E-state index in [1.807, 2.05) is 18.4 Å². The second kappa shape index (κ2) is 7.47. The van der Waals surface area contributed by atoms with Gasteiger partial charge in [-0.2, -0.15) is 0 Å².